The molecule has 3 rings (SSSR count). The van der Waals surface area contributed by atoms with E-state index in [9.17, 15) is 14.7 Å². The van der Waals surface area contributed by atoms with E-state index in [2.05, 4.69) is 0 Å². The minimum absolute atomic E-state index is 0.0193. The Bertz CT molecular complexity index is 594. The Morgan fingerprint density at radius 1 is 1.27 bits per heavy atom. The van der Waals surface area contributed by atoms with E-state index in [-0.39, 0.29) is 17.7 Å². The predicted molar refractivity (Wildman–Crippen MR) is 81.0 cm³/mol. The normalized spacial score (nSPS) is 22.2. The highest BCUT2D eigenvalue weighted by Gasteiger charge is 2.33. The van der Waals surface area contributed by atoms with Gasteiger partial charge in [0.2, 0.25) is 5.91 Å². The number of amides is 1. The highest BCUT2D eigenvalue weighted by atomic mass is 16.5. The molecule has 0 spiro atoms. The SMILES string of the molecule is Cc1cc(C(=O)O)cc(C2CCCN(C(=O)C3COC3)C2)c1. The van der Waals surface area contributed by atoms with E-state index >= 15 is 0 Å². The number of benzene rings is 1. The number of hydrogen-bond acceptors (Lipinski definition) is 3. The van der Waals surface area contributed by atoms with Gasteiger partial charge in [-0.25, -0.2) is 4.79 Å². The molecule has 0 radical (unpaired) electrons. The van der Waals surface area contributed by atoms with Gasteiger partial charge in [0.15, 0.2) is 0 Å². The third-order valence-electron chi connectivity index (χ3n) is 4.54. The molecule has 1 aromatic carbocycles. The number of nitrogens with zero attached hydrogens (tertiary/aromatic N) is 1. The van der Waals surface area contributed by atoms with E-state index in [1.54, 1.807) is 12.1 Å². The predicted octanol–water partition coefficient (Wildman–Crippen LogP) is 2.05. The van der Waals surface area contributed by atoms with Crippen molar-refractivity contribution in [3.05, 3.63) is 34.9 Å². The van der Waals surface area contributed by atoms with Gasteiger partial charge in [0, 0.05) is 19.0 Å². The first-order valence-electron chi connectivity index (χ1n) is 7.76. The summed E-state index contributed by atoms with van der Waals surface area (Å²) in [6.45, 7) is 4.45. The van der Waals surface area contributed by atoms with Crippen molar-refractivity contribution >= 4 is 11.9 Å². The molecule has 0 aromatic heterocycles. The summed E-state index contributed by atoms with van der Waals surface area (Å²) in [5.41, 5.74) is 2.30. The maximum absolute atomic E-state index is 12.4. The van der Waals surface area contributed by atoms with Crippen LogP contribution in [0.2, 0.25) is 0 Å². The first-order valence-corrected chi connectivity index (χ1v) is 7.76. The van der Waals surface area contributed by atoms with Gasteiger partial charge in [0.1, 0.15) is 0 Å². The Balaban J connectivity index is 1.76. The van der Waals surface area contributed by atoms with Crippen molar-refractivity contribution in [2.24, 2.45) is 5.92 Å². The smallest absolute Gasteiger partial charge is 0.335 e. The zero-order valence-corrected chi connectivity index (χ0v) is 12.7. The summed E-state index contributed by atoms with van der Waals surface area (Å²) in [5, 5.41) is 9.21. The van der Waals surface area contributed by atoms with Gasteiger partial charge < -0.3 is 14.7 Å². The Morgan fingerprint density at radius 3 is 2.68 bits per heavy atom. The fourth-order valence-corrected chi connectivity index (χ4v) is 3.26. The van der Waals surface area contributed by atoms with Crippen molar-refractivity contribution in [3.63, 3.8) is 0 Å². The van der Waals surface area contributed by atoms with E-state index in [1.165, 1.54) is 0 Å². The Hall–Kier alpha value is -1.88. The van der Waals surface area contributed by atoms with Crippen LogP contribution in [0.5, 0.6) is 0 Å². The molecular weight excluding hydrogens is 282 g/mol. The van der Waals surface area contributed by atoms with Crippen LogP contribution >= 0.6 is 0 Å². The number of piperidine rings is 1. The zero-order chi connectivity index (χ0) is 15.7. The third kappa shape index (κ3) is 2.99. The number of hydrogen-bond donors (Lipinski definition) is 1. The summed E-state index contributed by atoms with van der Waals surface area (Å²) in [7, 11) is 0. The lowest BCUT2D eigenvalue weighted by Gasteiger charge is -2.37. The lowest BCUT2D eigenvalue weighted by molar-refractivity contribution is -0.151. The molecule has 1 amide bonds. The van der Waals surface area contributed by atoms with Crippen molar-refractivity contribution < 1.29 is 19.4 Å². The Labute approximate surface area is 129 Å². The summed E-state index contributed by atoms with van der Waals surface area (Å²) in [5.74, 6) is -0.482. The summed E-state index contributed by atoms with van der Waals surface area (Å²) in [6, 6.07) is 5.47. The summed E-state index contributed by atoms with van der Waals surface area (Å²) >= 11 is 0. The van der Waals surface area contributed by atoms with Crippen LogP contribution in [0.3, 0.4) is 0 Å². The van der Waals surface area contributed by atoms with Crippen molar-refractivity contribution in [3.8, 4) is 0 Å². The second-order valence-electron chi connectivity index (χ2n) is 6.30. The molecule has 0 aliphatic carbocycles. The van der Waals surface area contributed by atoms with Gasteiger partial charge in [-0.15, -0.1) is 0 Å². The average Bonchev–Trinajstić information content (AvgIpc) is 2.45. The highest BCUT2D eigenvalue weighted by molar-refractivity contribution is 5.88. The van der Waals surface area contributed by atoms with Crippen LogP contribution in [0.4, 0.5) is 0 Å². The number of carboxylic acids is 1. The second kappa shape index (κ2) is 6.08. The van der Waals surface area contributed by atoms with Gasteiger partial charge in [-0.3, -0.25) is 4.79 Å². The molecule has 1 unspecified atom stereocenters. The first kappa shape index (κ1) is 15.0. The zero-order valence-electron chi connectivity index (χ0n) is 12.7. The molecule has 2 saturated heterocycles. The molecule has 2 aliphatic rings. The number of aryl methyl sites for hydroxylation is 1. The molecule has 2 aliphatic heterocycles. The monoisotopic (exact) mass is 303 g/mol. The number of ether oxygens (including phenoxy) is 1. The van der Waals surface area contributed by atoms with Crippen LogP contribution in [0, 0.1) is 12.8 Å². The lowest BCUT2D eigenvalue weighted by Crippen LogP contribution is -2.48. The van der Waals surface area contributed by atoms with Gasteiger partial charge in [0.05, 0.1) is 24.7 Å². The number of aromatic carboxylic acids is 1. The Kier molecular flexibility index (Phi) is 4.16. The summed E-state index contributed by atoms with van der Waals surface area (Å²) in [4.78, 5) is 25.5. The van der Waals surface area contributed by atoms with Gasteiger partial charge in [0.25, 0.3) is 0 Å². The molecule has 1 atom stereocenters. The number of carboxylic acid groups (broad SMARTS) is 1. The van der Waals surface area contributed by atoms with Crippen LogP contribution in [0.25, 0.3) is 0 Å². The van der Waals surface area contributed by atoms with Crippen molar-refractivity contribution in [1.82, 2.24) is 4.90 Å². The van der Waals surface area contributed by atoms with Gasteiger partial charge >= 0.3 is 5.97 Å². The van der Waals surface area contributed by atoms with Crippen molar-refractivity contribution in [2.75, 3.05) is 26.3 Å². The molecule has 22 heavy (non-hydrogen) atoms. The van der Waals surface area contributed by atoms with Crippen molar-refractivity contribution in [1.29, 1.82) is 0 Å². The fourth-order valence-electron chi connectivity index (χ4n) is 3.26. The van der Waals surface area contributed by atoms with E-state index in [1.807, 2.05) is 17.9 Å². The second-order valence-corrected chi connectivity index (χ2v) is 6.30. The van der Waals surface area contributed by atoms with Crippen LogP contribution in [0.15, 0.2) is 18.2 Å². The Morgan fingerprint density at radius 2 is 2.05 bits per heavy atom. The van der Waals surface area contributed by atoms with Gasteiger partial charge in [-0.1, -0.05) is 6.07 Å². The van der Waals surface area contributed by atoms with Crippen LogP contribution < -0.4 is 0 Å². The largest absolute Gasteiger partial charge is 0.478 e. The molecule has 1 aromatic rings. The average molecular weight is 303 g/mol. The number of rotatable bonds is 3. The van der Waals surface area contributed by atoms with E-state index in [0.717, 1.165) is 30.5 Å². The maximum Gasteiger partial charge on any atom is 0.335 e. The minimum Gasteiger partial charge on any atom is -0.478 e. The molecule has 0 bridgehead atoms. The van der Waals surface area contributed by atoms with Gasteiger partial charge in [-0.05, 0) is 43.0 Å². The minimum atomic E-state index is -0.902. The summed E-state index contributed by atoms with van der Waals surface area (Å²) < 4.78 is 5.10. The molecule has 0 saturated carbocycles. The first-order chi connectivity index (χ1) is 10.5. The molecule has 5 heteroatoms. The fraction of sp³-hybridized carbons (Fsp3) is 0.529. The van der Waals surface area contributed by atoms with Crippen molar-refractivity contribution in [2.45, 2.75) is 25.7 Å². The molecule has 5 nitrogen and oxygen atoms in total. The molecule has 1 N–H and O–H groups in total. The number of carbonyl (C=O) groups excluding carboxylic acids is 1. The summed E-state index contributed by atoms with van der Waals surface area (Å²) in [6.07, 6.45) is 1.95. The molecule has 2 fully saturated rings. The highest BCUT2D eigenvalue weighted by Crippen LogP contribution is 2.29. The van der Waals surface area contributed by atoms with Crippen LogP contribution in [-0.2, 0) is 9.53 Å². The molecular formula is C17H21NO4. The van der Waals surface area contributed by atoms with E-state index < -0.39 is 5.97 Å². The topological polar surface area (TPSA) is 66.8 Å². The molecule has 118 valence electrons. The van der Waals surface area contributed by atoms with Crippen LogP contribution in [0.1, 0.15) is 40.2 Å². The number of carbonyl (C=O) groups is 2. The van der Waals surface area contributed by atoms with Gasteiger partial charge in [-0.2, -0.15) is 0 Å². The van der Waals surface area contributed by atoms with E-state index in [0.29, 0.717) is 25.3 Å². The third-order valence-corrected chi connectivity index (χ3v) is 4.54. The lowest BCUT2D eigenvalue weighted by atomic mass is 9.88. The molecule has 2 heterocycles. The van der Waals surface area contributed by atoms with Crippen LogP contribution in [-0.4, -0.2) is 48.2 Å². The standard InChI is InChI=1S/C17H21NO4/c1-11-5-13(7-14(6-11)17(20)21)12-3-2-4-18(8-12)16(19)15-9-22-10-15/h5-7,12,15H,2-4,8-10H2,1H3,(H,20,21). The number of likely N-dealkylation sites (tertiary alicyclic amines) is 1. The van der Waals surface area contributed by atoms with E-state index in [4.69, 9.17) is 4.74 Å². The quantitative estimate of drug-likeness (QED) is 0.928. The maximum atomic E-state index is 12.4.